The van der Waals surface area contributed by atoms with Gasteiger partial charge in [0.05, 0.1) is 12.6 Å². The molecule has 4 heterocycles. The predicted octanol–water partition coefficient (Wildman–Crippen LogP) is 2.67. The Morgan fingerprint density at radius 1 is 1.26 bits per heavy atom. The van der Waals surface area contributed by atoms with Gasteiger partial charge in [-0.25, -0.2) is 0 Å². The van der Waals surface area contributed by atoms with Crippen molar-refractivity contribution in [2.24, 2.45) is 4.99 Å². The Morgan fingerprint density at radius 2 is 2.04 bits per heavy atom. The third-order valence-electron chi connectivity index (χ3n) is 5.42. The van der Waals surface area contributed by atoms with Crippen LogP contribution in [0.5, 0.6) is 0 Å². The molecule has 0 radical (unpaired) electrons. The minimum atomic E-state index is 0. The molecule has 2 atom stereocenters. The van der Waals surface area contributed by atoms with Crippen LogP contribution in [0.3, 0.4) is 0 Å². The fourth-order valence-electron chi connectivity index (χ4n) is 3.91. The molecule has 148 valence electrons. The molecule has 3 aliphatic heterocycles. The van der Waals surface area contributed by atoms with E-state index < -0.39 is 0 Å². The number of nitrogens with one attached hydrogen (secondary N) is 2. The number of aliphatic imine (C=N–C) groups is 1. The van der Waals surface area contributed by atoms with Crippen LogP contribution in [0.1, 0.15) is 25.6 Å². The number of furan rings is 1. The van der Waals surface area contributed by atoms with Crippen molar-refractivity contribution in [1.29, 1.82) is 0 Å². The molecule has 0 saturated carbocycles. The molecule has 0 amide bonds. The molecule has 0 aliphatic carbocycles. The Balaban J connectivity index is 0.00000210. The minimum Gasteiger partial charge on any atom is -0.459 e. The zero-order valence-corrected chi connectivity index (χ0v) is 18.5. The summed E-state index contributed by atoms with van der Waals surface area (Å²) in [6.07, 6.45) is 0. The summed E-state index contributed by atoms with van der Waals surface area (Å²) in [7, 11) is 0. The number of halogens is 1. The second-order valence-corrected chi connectivity index (χ2v) is 7.26. The van der Waals surface area contributed by atoms with Crippen molar-refractivity contribution in [2.75, 3.05) is 45.8 Å². The minimum absolute atomic E-state index is 0. The number of rotatable bonds is 5. The first-order chi connectivity index (χ1) is 12.7. The molecule has 3 aliphatic rings. The molecule has 3 fully saturated rings. The second kappa shape index (κ2) is 9.25. The molecule has 5 rings (SSSR count). The molecule has 2 unspecified atom stereocenters. The number of hydrogen-bond acceptors (Lipinski definition) is 4. The maximum atomic E-state index is 5.98. The summed E-state index contributed by atoms with van der Waals surface area (Å²) in [6, 6.07) is 10.8. The van der Waals surface area contributed by atoms with Gasteiger partial charge in [0.15, 0.2) is 5.96 Å². The quantitative estimate of drug-likeness (QED) is 0.389. The summed E-state index contributed by atoms with van der Waals surface area (Å²) in [4.78, 5) is 9.99. The molecule has 3 saturated heterocycles. The average Bonchev–Trinajstić information content (AvgIpc) is 3.12. The normalized spacial score (nSPS) is 25.9. The summed E-state index contributed by atoms with van der Waals surface area (Å²) < 4.78 is 5.98. The van der Waals surface area contributed by atoms with Gasteiger partial charge < -0.3 is 15.1 Å². The van der Waals surface area contributed by atoms with Crippen LogP contribution in [0.25, 0.3) is 11.0 Å². The van der Waals surface area contributed by atoms with Crippen LogP contribution in [-0.4, -0.2) is 67.6 Å². The molecule has 1 aromatic heterocycles. The van der Waals surface area contributed by atoms with Crippen LogP contribution < -0.4 is 10.6 Å². The van der Waals surface area contributed by atoms with Gasteiger partial charge in [0.1, 0.15) is 11.3 Å². The lowest BCUT2D eigenvalue weighted by atomic mass is 10.1. The fourth-order valence-corrected chi connectivity index (χ4v) is 3.91. The predicted molar refractivity (Wildman–Crippen MR) is 121 cm³/mol. The Labute approximate surface area is 178 Å². The third-order valence-corrected chi connectivity index (χ3v) is 5.42. The molecule has 2 bridgehead atoms. The highest BCUT2D eigenvalue weighted by molar-refractivity contribution is 14.0. The van der Waals surface area contributed by atoms with E-state index in [9.17, 15) is 0 Å². The SMILES string of the molecule is CCNC(=NCC1CN2CCN1CC2)NC(C)c1cc2ccccc2o1.I. The fraction of sp³-hybridized carbons (Fsp3) is 0.550. The molecule has 0 spiro atoms. The maximum Gasteiger partial charge on any atom is 0.191 e. The molecule has 7 heteroatoms. The first-order valence-corrected chi connectivity index (χ1v) is 9.72. The van der Waals surface area contributed by atoms with E-state index in [1.165, 1.54) is 26.2 Å². The van der Waals surface area contributed by atoms with Crippen molar-refractivity contribution in [2.45, 2.75) is 25.9 Å². The lowest BCUT2D eigenvalue weighted by Gasteiger charge is -2.47. The van der Waals surface area contributed by atoms with Crippen molar-refractivity contribution >= 4 is 40.9 Å². The van der Waals surface area contributed by atoms with Gasteiger partial charge in [0.2, 0.25) is 0 Å². The number of fused-ring (bicyclic) bond motifs is 4. The molecular formula is C20H30IN5O. The molecule has 6 nitrogen and oxygen atoms in total. The number of hydrogen-bond donors (Lipinski definition) is 2. The van der Waals surface area contributed by atoms with Gasteiger partial charge in [0.25, 0.3) is 0 Å². The first-order valence-electron chi connectivity index (χ1n) is 9.72. The largest absolute Gasteiger partial charge is 0.459 e. The summed E-state index contributed by atoms with van der Waals surface area (Å²) in [6.45, 7) is 11.8. The van der Waals surface area contributed by atoms with Crippen molar-refractivity contribution in [3.63, 3.8) is 0 Å². The first kappa shape index (κ1) is 20.4. The van der Waals surface area contributed by atoms with E-state index in [1.54, 1.807) is 0 Å². The average molecular weight is 483 g/mol. The van der Waals surface area contributed by atoms with Gasteiger partial charge in [-0.3, -0.25) is 14.8 Å². The van der Waals surface area contributed by atoms with Gasteiger partial charge in [-0.2, -0.15) is 0 Å². The van der Waals surface area contributed by atoms with Crippen LogP contribution in [0.4, 0.5) is 0 Å². The lowest BCUT2D eigenvalue weighted by molar-refractivity contribution is 0.0174. The third kappa shape index (κ3) is 4.75. The second-order valence-electron chi connectivity index (χ2n) is 7.26. The van der Waals surface area contributed by atoms with Crippen LogP contribution in [0, 0.1) is 0 Å². The Kier molecular flexibility index (Phi) is 6.99. The van der Waals surface area contributed by atoms with Crippen LogP contribution in [0.15, 0.2) is 39.7 Å². The number of benzene rings is 1. The molecule has 1 aromatic carbocycles. The number of guanidine groups is 1. The van der Waals surface area contributed by atoms with E-state index in [0.717, 1.165) is 42.3 Å². The highest BCUT2D eigenvalue weighted by atomic mass is 127. The van der Waals surface area contributed by atoms with Crippen molar-refractivity contribution in [1.82, 2.24) is 20.4 Å². The van der Waals surface area contributed by atoms with Gasteiger partial charge in [-0.05, 0) is 26.0 Å². The molecule has 2 aromatic rings. The van der Waals surface area contributed by atoms with E-state index in [0.29, 0.717) is 6.04 Å². The van der Waals surface area contributed by atoms with Crippen molar-refractivity contribution in [3.05, 3.63) is 36.1 Å². The molecular weight excluding hydrogens is 453 g/mol. The highest BCUT2D eigenvalue weighted by Crippen LogP contribution is 2.23. The summed E-state index contributed by atoms with van der Waals surface area (Å²) in [5, 5.41) is 7.99. The summed E-state index contributed by atoms with van der Waals surface area (Å²) in [5.74, 6) is 1.79. The number of para-hydroxylation sites is 1. The topological polar surface area (TPSA) is 56.0 Å². The zero-order valence-electron chi connectivity index (χ0n) is 16.1. The van der Waals surface area contributed by atoms with Gasteiger partial charge in [0, 0.05) is 50.7 Å². The van der Waals surface area contributed by atoms with E-state index in [2.05, 4.69) is 46.4 Å². The van der Waals surface area contributed by atoms with Crippen LogP contribution in [-0.2, 0) is 0 Å². The number of piperazine rings is 3. The van der Waals surface area contributed by atoms with Gasteiger partial charge >= 0.3 is 0 Å². The summed E-state index contributed by atoms with van der Waals surface area (Å²) >= 11 is 0. The van der Waals surface area contributed by atoms with E-state index in [-0.39, 0.29) is 30.0 Å². The lowest BCUT2D eigenvalue weighted by Crippen LogP contribution is -2.62. The maximum absolute atomic E-state index is 5.98. The van der Waals surface area contributed by atoms with E-state index in [1.807, 2.05) is 18.2 Å². The standard InChI is InChI=1S/C20H29N5O.HI/c1-3-21-20(22-13-17-14-24-8-10-25(17)11-9-24)23-15(2)19-12-16-6-4-5-7-18(16)26-19;/h4-7,12,15,17H,3,8-11,13-14H2,1-2H3,(H2,21,22,23);1H. The zero-order chi connectivity index (χ0) is 17.9. The highest BCUT2D eigenvalue weighted by Gasteiger charge is 2.31. The smallest absolute Gasteiger partial charge is 0.191 e. The Hall–Kier alpha value is -1.32. The van der Waals surface area contributed by atoms with E-state index in [4.69, 9.17) is 9.41 Å². The van der Waals surface area contributed by atoms with Crippen LogP contribution >= 0.6 is 24.0 Å². The molecule has 2 N–H and O–H groups in total. The molecule has 27 heavy (non-hydrogen) atoms. The Morgan fingerprint density at radius 3 is 2.70 bits per heavy atom. The van der Waals surface area contributed by atoms with Gasteiger partial charge in [-0.1, -0.05) is 18.2 Å². The van der Waals surface area contributed by atoms with Crippen molar-refractivity contribution in [3.8, 4) is 0 Å². The van der Waals surface area contributed by atoms with Gasteiger partial charge in [-0.15, -0.1) is 24.0 Å². The Bertz CT molecular complexity index is 736. The van der Waals surface area contributed by atoms with E-state index >= 15 is 0 Å². The number of nitrogens with zero attached hydrogens (tertiary/aromatic N) is 3. The monoisotopic (exact) mass is 483 g/mol. The summed E-state index contributed by atoms with van der Waals surface area (Å²) in [5.41, 5.74) is 0.929. The van der Waals surface area contributed by atoms with Crippen LogP contribution in [0.2, 0.25) is 0 Å². The van der Waals surface area contributed by atoms with Crippen molar-refractivity contribution < 1.29 is 4.42 Å².